The van der Waals surface area contributed by atoms with Crippen LogP contribution in [0.2, 0.25) is 5.02 Å². The lowest BCUT2D eigenvalue weighted by atomic mass is 10.2. The number of hydrogen-bond donors (Lipinski definition) is 1. The smallest absolute Gasteiger partial charge is 0.167 e. The molecule has 0 bridgehead atoms. The summed E-state index contributed by atoms with van der Waals surface area (Å²) < 4.78 is 13.0. The fourth-order valence-electron chi connectivity index (χ4n) is 1.23. The Morgan fingerprint density at radius 2 is 2.20 bits per heavy atom. The molecule has 1 aromatic carbocycles. The Morgan fingerprint density at radius 3 is 2.80 bits per heavy atom. The first-order valence-electron chi connectivity index (χ1n) is 4.15. The minimum atomic E-state index is -0.443. The molecular formula is C10H6ClFN2O. The monoisotopic (exact) mass is 224 g/mol. The second kappa shape index (κ2) is 3.82. The molecule has 0 saturated heterocycles. The van der Waals surface area contributed by atoms with E-state index in [2.05, 4.69) is 9.97 Å². The summed E-state index contributed by atoms with van der Waals surface area (Å²) >= 11 is 5.69. The Labute approximate surface area is 89.9 Å². The number of aromatic nitrogens is 2. The van der Waals surface area contributed by atoms with Crippen molar-refractivity contribution < 1.29 is 9.18 Å². The summed E-state index contributed by atoms with van der Waals surface area (Å²) in [7, 11) is 0. The molecule has 0 amide bonds. The van der Waals surface area contributed by atoms with Gasteiger partial charge in [0.25, 0.3) is 0 Å². The van der Waals surface area contributed by atoms with Crippen molar-refractivity contribution in [2.75, 3.05) is 0 Å². The van der Waals surface area contributed by atoms with Gasteiger partial charge in [-0.3, -0.25) is 4.79 Å². The van der Waals surface area contributed by atoms with Gasteiger partial charge in [0.05, 0.1) is 11.9 Å². The lowest BCUT2D eigenvalue weighted by molar-refractivity contribution is 0.111. The highest BCUT2D eigenvalue weighted by Gasteiger charge is 2.05. The lowest BCUT2D eigenvalue weighted by Gasteiger charge is -1.98. The maximum atomic E-state index is 13.0. The molecule has 0 aliphatic rings. The number of rotatable bonds is 2. The van der Waals surface area contributed by atoms with E-state index in [0.29, 0.717) is 23.4 Å². The van der Waals surface area contributed by atoms with Crippen molar-refractivity contribution in [1.29, 1.82) is 0 Å². The van der Waals surface area contributed by atoms with Crippen molar-refractivity contribution in [1.82, 2.24) is 9.97 Å². The zero-order valence-electron chi connectivity index (χ0n) is 7.50. The molecule has 0 radical (unpaired) electrons. The highest BCUT2D eigenvalue weighted by Crippen LogP contribution is 2.21. The minimum Gasteiger partial charge on any atom is -0.336 e. The van der Waals surface area contributed by atoms with E-state index in [0.717, 1.165) is 0 Å². The second-order valence-corrected chi connectivity index (χ2v) is 3.40. The van der Waals surface area contributed by atoms with E-state index in [1.54, 1.807) is 6.07 Å². The zero-order chi connectivity index (χ0) is 10.8. The number of imidazole rings is 1. The highest BCUT2D eigenvalue weighted by atomic mass is 35.5. The summed E-state index contributed by atoms with van der Waals surface area (Å²) in [6.07, 6.45) is 2.01. The average molecular weight is 225 g/mol. The molecule has 1 heterocycles. The quantitative estimate of drug-likeness (QED) is 0.798. The number of aromatic amines is 1. The molecule has 1 N–H and O–H groups in total. The predicted molar refractivity (Wildman–Crippen MR) is 54.4 cm³/mol. The van der Waals surface area contributed by atoms with Crippen molar-refractivity contribution in [2.24, 2.45) is 0 Å². The van der Waals surface area contributed by atoms with Crippen molar-refractivity contribution >= 4 is 17.9 Å². The number of aldehydes is 1. The summed E-state index contributed by atoms with van der Waals surface area (Å²) in [6.45, 7) is 0. The van der Waals surface area contributed by atoms with Crippen LogP contribution in [0, 0.1) is 5.82 Å². The number of hydrogen-bond acceptors (Lipinski definition) is 2. The van der Waals surface area contributed by atoms with E-state index in [-0.39, 0.29) is 5.02 Å². The third-order valence-corrected chi connectivity index (χ3v) is 2.08. The Balaban J connectivity index is 2.48. The number of nitrogens with one attached hydrogen (secondary N) is 1. The Hall–Kier alpha value is -1.68. The molecule has 2 aromatic rings. The van der Waals surface area contributed by atoms with Crippen LogP contribution in [0.1, 0.15) is 10.5 Å². The molecule has 0 atom stereocenters. The minimum absolute atomic E-state index is 0.286. The van der Waals surface area contributed by atoms with Gasteiger partial charge >= 0.3 is 0 Å². The molecule has 0 aliphatic carbocycles. The van der Waals surface area contributed by atoms with Crippen LogP contribution in [0.4, 0.5) is 4.39 Å². The fraction of sp³-hybridized carbons (Fsp3) is 0. The predicted octanol–water partition coefficient (Wildman–Crippen LogP) is 2.68. The largest absolute Gasteiger partial charge is 0.336 e. The first-order valence-corrected chi connectivity index (χ1v) is 4.53. The molecule has 0 unspecified atom stereocenters. The summed E-state index contributed by atoms with van der Waals surface area (Å²) in [4.78, 5) is 17.1. The highest BCUT2D eigenvalue weighted by molar-refractivity contribution is 6.30. The van der Waals surface area contributed by atoms with Crippen LogP contribution in [-0.4, -0.2) is 16.3 Å². The first kappa shape index (κ1) is 9.86. The topological polar surface area (TPSA) is 45.8 Å². The maximum absolute atomic E-state index is 13.0. The van der Waals surface area contributed by atoms with Crippen LogP contribution in [0.15, 0.2) is 24.4 Å². The number of carbonyl (C=O) groups excluding carboxylic acids is 1. The first-order chi connectivity index (χ1) is 7.19. The van der Waals surface area contributed by atoms with Gasteiger partial charge < -0.3 is 4.98 Å². The molecule has 5 heteroatoms. The van der Waals surface area contributed by atoms with Gasteiger partial charge in [-0.2, -0.15) is 0 Å². The number of H-pyrrole nitrogens is 1. The molecule has 1 aromatic heterocycles. The fourth-order valence-corrected chi connectivity index (χ4v) is 1.45. The van der Waals surface area contributed by atoms with Crippen molar-refractivity contribution in [3.05, 3.63) is 40.9 Å². The number of nitrogens with zero attached hydrogens (tertiary/aromatic N) is 1. The van der Waals surface area contributed by atoms with Gasteiger partial charge in [0, 0.05) is 10.6 Å². The van der Waals surface area contributed by atoms with E-state index in [9.17, 15) is 9.18 Å². The molecular weight excluding hydrogens is 219 g/mol. The van der Waals surface area contributed by atoms with Crippen LogP contribution in [0.25, 0.3) is 11.4 Å². The third-order valence-electron chi connectivity index (χ3n) is 1.86. The van der Waals surface area contributed by atoms with Gasteiger partial charge in [-0.05, 0) is 18.2 Å². The van der Waals surface area contributed by atoms with Crippen LogP contribution >= 0.6 is 11.6 Å². The number of carbonyl (C=O) groups is 1. The van der Waals surface area contributed by atoms with Gasteiger partial charge in [0.1, 0.15) is 11.6 Å². The standard InChI is InChI=1S/C10H6ClFN2O/c11-7-1-6(2-8(12)3-7)10-13-4-9(5-15)14-10/h1-5H,(H,13,14). The Bertz CT molecular complexity index is 490. The molecule has 76 valence electrons. The van der Waals surface area contributed by atoms with Crippen LogP contribution in [0.3, 0.4) is 0 Å². The van der Waals surface area contributed by atoms with Gasteiger partial charge in [-0.1, -0.05) is 11.6 Å². The lowest BCUT2D eigenvalue weighted by Crippen LogP contribution is -1.84. The van der Waals surface area contributed by atoms with Gasteiger partial charge in [0.15, 0.2) is 6.29 Å². The number of benzene rings is 1. The van der Waals surface area contributed by atoms with E-state index >= 15 is 0 Å². The number of halogens is 2. The summed E-state index contributed by atoms with van der Waals surface area (Å²) in [5.41, 5.74) is 0.846. The van der Waals surface area contributed by atoms with E-state index < -0.39 is 5.82 Å². The van der Waals surface area contributed by atoms with Gasteiger partial charge in [0.2, 0.25) is 0 Å². The summed E-state index contributed by atoms with van der Waals surface area (Å²) in [5, 5.41) is 0.286. The van der Waals surface area contributed by atoms with Crippen molar-refractivity contribution in [3.8, 4) is 11.4 Å². The maximum Gasteiger partial charge on any atom is 0.167 e. The van der Waals surface area contributed by atoms with E-state index in [1.807, 2.05) is 0 Å². The van der Waals surface area contributed by atoms with Gasteiger partial charge in [-0.15, -0.1) is 0 Å². The SMILES string of the molecule is O=Cc1cnc(-c2cc(F)cc(Cl)c2)[nH]1. The Kier molecular flexibility index (Phi) is 2.51. The van der Waals surface area contributed by atoms with E-state index in [4.69, 9.17) is 11.6 Å². The molecule has 3 nitrogen and oxygen atoms in total. The molecule has 15 heavy (non-hydrogen) atoms. The summed E-state index contributed by atoms with van der Waals surface area (Å²) in [6, 6.07) is 4.06. The molecule has 0 fully saturated rings. The molecule has 2 rings (SSSR count). The molecule has 0 aliphatic heterocycles. The van der Waals surface area contributed by atoms with Crippen LogP contribution in [0.5, 0.6) is 0 Å². The van der Waals surface area contributed by atoms with E-state index in [1.165, 1.54) is 18.3 Å². The molecule has 0 saturated carbocycles. The van der Waals surface area contributed by atoms with Crippen molar-refractivity contribution in [2.45, 2.75) is 0 Å². The molecule has 0 spiro atoms. The zero-order valence-corrected chi connectivity index (χ0v) is 8.25. The summed E-state index contributed by atoms with van der Waals surface area (Å²) in [5.74, 6) is -0.0277. The van der Waals surface area contributed by atoms with Crippen LogP contribution < -0.4 is 0 Å². The van der Waals surface area contributed by atoms with Crippen molar-refractivity contribution in [3.63, 3.8) is 0 Å². The Morgan fingerprint density at radius 1 is 1.40 bits per heavy atom. The average Bonchev–Trinajstić information content (AvgIpc) is 2.64. The van der Waals surface area contributed by atoms with Crippen LogP contribution in [-0.2, 0) is 0 Å². The second-order valence-electron chi connectivity index (χ2n) is 2.96. The third kappa shape index (κ3) is 2.05. The van der Waals surface area contributed by atoms with Gasteiger partial charge in [-0.25, -0.2) is 9.37 Å². The normalized spacial score (nSPS) is 10.3.